The Morgan fingerprint density at radius 3 is 2.52 bits per heavy atom. The summed E-state index contributed by atoms with van der Waals surface area (Å²) in [6.07, 6.45) is -0.975. The number of amides is 1. The maximum Gasteiger partial charge on any atom is 0.351 e. The third-order valence-electron chi connectivity index (χ3n) is 4.94. The van der Waals surface area contributed by atoms with E-state index in [9.17, 15) is 14.4 Å². The molecule has 9 heteroatoms. The molecule has 1 N–H and O–H groups in total. The van der Waals surface area contributed by atoms with E-state index in [-0.39, 0.29) is 17.9 Å². The van der Waals surface area contributed by atoms with E-state index in [0.29, 0.717) is 22.9 Å². The first kappa shape index (κ1) is 20.3. The Morgan fingerprint density at radius 2 is 1.77 bits per heavy atom. The SMILES string of the molecule is Cc1c(NC(=O)COC(=O)[C@@H]2COc3ccccc3O2)c(=O)n(-c2ccccc2)n1C. The number of para-hydroxylation sites is 3. The van der Waals surface area contributed by atoms with Crippen LogP contribution in [-0.4, -0.2) is 40.6 Å². The summed E-state index contributed by atoms with van der Waals surface area (Å²) in [6.45, 7) is 1.14. The van der Waals surface area contributed by atoms with E-state index in [1.807, 2.05) is 18.2 Å². The molecule has 4 rings (SSSR count). The topological polar surface area (TPSA) is 101 Å². The molecule has 0 fully saturated rings. The van der Waals surface area contributed by atoms with Crippen LogP contribution in [0.4, 0.5) is 5.69 Å². The maximum atomic E-state index is 12.8. The fraction of sp³-hybridized carbons (Fsp3) is 0.227. The average Bonchev–Trinajstić information content (AvgIpc) is 3.00. The lowest BCUT2D eigenvalue weighted by Gasteiger charge is -2.24. The molecule has 0 saturated carbocycles. The van der Waals surface area contributed by atoms with Gasteiger partial charge in [-0.3, -0.25) is 14.3 Å². The molecule has 1 amide bonds. The summed E-state index contributed by atoms with van der Waals surface area (Å²) >= 11 is 0. The molecule has 1 aliphatic heterocycles. The van der Waals surface area contributed by atoms with Crippen molar-refractivity contribution < 1.29 is 23.8 Å². The molecular weight excluding hydrogens is 402 g/mol. The Kier molecular flexibility index (Phi) is 5.48. The number of carbonyl (C=O) groups excluding carboxylic acids is 2. The number of rotatable bonds is 5. The number of carbonyl (C=O) groups is 2. The molecule has 160 valence electrons. The highest BCUT2D eigenvalue weighted by Gasteiger charge is 2.29. The van der Waals surface area contributed by atoms with Crippen LogP contribution in [0.2, 0.25) is 0 Å². The molecule has 1 aromatic heterocycles. The summed E-state index contributed by atoms with van der Waals surface area (Å²) in [4.78, 5) is 37.4. The quantitative estimate of drug-likeness (QED) is 0.628. The lowest BCUT2D eigenvalue weighted by molar-refractivity contribution is -0.156. The number of benzene rings is 2. The van der Waals surface area contributed by atoms with Gasteiger partial charge in [-0.15, -0.1) is 0 Å². The first-order chi connectivity index (χ1) is 15.0. The van der Waals surface area contributed by atoms with Crippen LogP contribution >= 0.6 is 0 Å². The summed E-state index contributed by atoms with van der Waals surface area (Å²) in [7, 11) is 1.72. The van der Waals surface area contributed by atoms with E-state index < -0.39 is 24.6 Å². The first-order valence-corrected chi connectivity index (χ1v) is 9.64. The monoisotopic (exact) mass is 423 g/mol. The average molecular weight is 423 g/mol. The molecule has 0 aliphatic carbocycles. The lowest BCUT2D eigenvalue weighted by Crippen LogP contribution is -2.39. The highest BCUT2D eigenvalue weighted by atomic mass is 16.6. The Hall–Kier alpha value is -4.01. The predicted octanol–water partition coefficient (Wildman–Crippen LogP) is 1.81. The van der Waals surface area contributed by atoms with E-state index in [1.54, 1.807) is 55.1 Å². The van der Waals surface area contributed by atoms with Crippen molar-refractivity contribution in [3.63, 3.8) is 0 Å². The number of aromatic nitrogens is 2. The zero-order chi connectivity index (χ0) is 22.0. The summed E-state index contributed by atoms with van der Waals surface area (Å²) < 4.78 is 19.2. The third kappa shape index (κ3) is 4.02. The van der Waals surface area contributed by atoms with Gasteiger partial charge in [0.25, 0.3) is 11.5 Å². The Balaban J connectivity index is 1.40. The van der Waals surface area contributed by atoms with E-state index >= 15 is 0 Å². The second kappa shape index (κ2) is 8.39. The van der Waals surface area contributed by atoms with Crippen LogP contribution in [0.5, 0.6) is 11.5 Å². The minimum Gasteiger partial charge on any atom is -0.485 e. The van der Waals surface area contributed by atoms with Gasteiger partial charge in [0.15, 0.2) is 18.1 Å². The Labute approximate surface area is 177 Å². The molecule has 9 nitrogen and oxygen atoms in total. The molecule has 0 spiro atoms. The molecule has 0 bridgehead atoms. The van der Waals surface area contributed by atoms with Crippen LogP contribution in [0, 0.1) is 6.92 Å². The zero-order valence-corrected chi connectivity index (χ0v) is 17.0. The fourth-order valence-corrected chi connectivity index (χ4v) is 3.25. The second-order valence-electron chi connectivity index (χ2n) is 6.96. The van der Waals surface area contributed by atoms with Crippen molar-refractivity contribution in [1.29, 1.82) is 0 Å². The standard InChI is InChI=1S/C22H21N3O6/c1-14-20(21(27)25(24(14)2)15-8-4-3-5-9-15)23-19(26)13-30-22(28)18-12-29-16-10-6-7-11-17(16)31-18/h3-11,18H,12-13H2,1-2H3,(H,23,26)/t18-/m0/s1. The fourth-order valence-electron chi connectivity index (χ4n) is 3.25. The number of nitrogens with one attached hydrogen (secondary N) is 1. The van der Waals surface area contributed by atoms with Gasteiger partial charge in [-0.2, -0.15) is 0 Å². The maximum absolute atomic E-state index is 12.8. The van der Waals surface area contributed by atoms with E-state index in [4.69, 9.17) is 14.2 Å². The molecule has 0 radical (unpaired) electrons. The molecule has 0 saturated heterocycles. The van der Waals surface area contributed by atoms with Crippen molar-refractivity contribution in [2.24, 2.45) is 7.05 Å². The first-order valence-electron chi connectivity index (χ1n) is 9.64. The number of nitrogens with zero attached hydrogens (tertiary/aromatic N) is 2. The number of esters is 1. The van der Waals surface area contributed by atoms with Gasteiger partial charge in [0.05, 0.1) is 11.4 Å². The van der Waals surface area contributed by atoms with Crippen molar-refractivity contribution >= 4 is 17.6 Å². The highest BCUT2D eigenvalue weighted by Crippen LogP contribution is 2.31. The van der Waals surface area contributed by atoms with Crippen molar-refractivity contribution in [3.8, 4) is 17.2 Å². The molecule has 1 atom stereocenters. The van der Waals surface area contributed by atoms with Crippen LogP contribution < -0.4 is 20.3 Å². The molecule has 31 heavy (non-hydrogen) atoms. The lowest BCUT2D eigenvalue weighted by atomic mass is 10.2. The van der Waals surface area contributed by atoms with Crippen molar-refractivity contribution in [2.45, 2.75) is 13.0 Å². The third-order valence-corrected chi connectivity index (χ3v) is 4.94. The summed E-state index contributed by atoms with van der Waals surface area (Å²) in [5, 5.41) is 2.54. The van der Waals surface area contributed by atoms with Gasteiger partial charge in [-0.1, -0.05) is 30.3 Å². The molecule has 2 aromatic carbocycles. The second-order valence-corrected chi connectivity index (χ2v) is 6.96. The van der Waals surface area contributed by atoms with Gasteiger partial charge in [0, 0.05) is 7.05 Å². The summed E-state index contributed by atoms with van der Waals surface area (Å²) in [6, 6.07) is 16.0. The zero-order valence-electron chi connectivity index (χ0n) is 17.0. The van der Waals surface area contributed by atoms with Crippen molar-refractivity contribution in [2.75, 3.05) is 18.5 Å². The Morgan fingerprint density at radius 1 is 1.10 bits per heavy atom. The Bertz CT molecular complexity index is 1180. The minimum atomic E-state index is -0.975. The van der Waals surface area contributed by atoms with Crippen LogP contribution in [-0.2, 0) is 21.4 Å². The predicted molar refractivity (Wildman–Crippen MR) is 112 cm³/mol. The highest BCUT2D eigenvalue weighted by molar-refractivity contribution is 5.93. The molecule has 1 aliphatic rings. The largest absolute Gasteiger partial charge is 0.485 e. The van der Waals surface area contributed by atoms with Gasteiger partial charge in [-0.25, -0.2) is 9.48 Å². The van der Waals surface area contributed by atoms with Crippen LogP contribution in [0.15, 0.2) is 59.4 Å². The minimum absolute atomic E-state index is 0.0168. The number of hydrogen-bond acceptors (Lipinski definition) is 6. The van der Waals surface area contributed by atoms with Crippen LogP contribution in [0.3, 0.4) is 0 Å². The van der Waals surface area contributed by atoms with Crippen LogP contribution in [0.25, 0.3) is 5.69 Å². The number of hydrogen-bond donors (Lipinski definition) is 1. The van der Waals surface area contributed by atoms with Crippen molar-refractivity contribution in [3.05, 3.63) is 70.6 Å². The molecule has 3 aromatic rings. The van der Waals surface area contributed by atoms with Gasteiger partial charge in [0.1, 0.15) is 12.3 Å². The van der Waals surface area contributed by atoms with Crippen molar-refractivity contribution in [1.82, 2.24) is 9.36 Å². The van der Waals surface area contributed by atoms with Gasteiger partial charge < -0.3 is 19.5 Å². The molecule has 0 unspecified atom stereocenters. The molecular formula is C22H21N3O6. The number of anilines is 1. The van der Waals surface area contributed by atoms with E-state index in [2.05, 4.69) is 5.32 Å². The van der Waals surface area contributed by atoms with Crippen LogP contribution in [0.1, 0.15) is 5.69 Å². The smallest absolute Gasteiger partial charge is 0.351 e. The summed E-state index contributed by atoms with van der Waals surface area (Å²) in [5.41, 5.74) is 0.971. The summed E-state index contributed by atoms with van der Waals surface area (Å²) in [5.74, 6) is -0.382. The number of ether oxygens (including phenoxy) is 3. The van der Waals surface area contributed by atoms with E-state index in [0.717, 1.165) is 0 Å². The normalized spacial score (nSPS) is 14.7. The van der Waals surface area contributed by atoms with Gasteiger partial charge >= 0.3 is 5.97 Å². The van der Waals surface area contributed by atoms with E-state index in [1.165, 1.54) is 4.68 Å². The molecule has 2 heterocycles. The van der Waals surface area contributed by atoms with Gasteiger partial charge in [-0.05, 0) is 31.2 Å². The number of fused-ring (bicyclic) bond motifs is 1. The van der Waals surface area contributed by atoms with Gasteiger partial charge in [0.2, 0.25) is 6.10 Å².